The van der Waals surface area contributed by atoms with E-state index in [1.165, 1.54) is 22.8 Å². The summed E-state index contributed by atoms with van der Waals surface area (Å²) in [6.07, 6.45) is 1.04. The number of halogens is 1. The second-order valence-electron chi connectivity index (χ2n) is 6.36. The van der Waals surface area contributed by atoms with E-state index in [-0.39, 0.29) is 11.9 Å². The fraction of sp³-hybridized carbons (Fsp3) is 0.182. The molecule has 1 heterocycles. The Morgan fingerprint density at radius 3 is 2.50 bits per heavy atom. The topological polar surface area (TPSA) is 3.24 Å². The molecule has 0 spiro atoms. The Bertz CT molecular complexity index is 828. The van der Waals surface area contributed by atoms with E-state index in [1.54, 1.807) is 6.07 Å². The smallest absolute Gasteiger partial charge is 0.123 e. The molecule has 4 rings (SSSR count). The Morgan fingerprint density at radius 1 is 0.875 bits per heavy atom. The fourth-order valence-corrected chi connectivity index (χ4v) is 3.67. The second kappa shape index (κ2) is 6.58. The SMILES string of the molecule is Fc1cccc(C2c3ccccc3CCN2Cc2ccccc2)c1. The van der Waals surface area contributed by atoms with Gasteiger partial charge in [-0.05, 0) is 40.8 Å². The third-order valence-corrected chi connectivity index (χ3v) is 4.78. The average Bonchev–Trinajstić information content (AvgIpc) is 2.62. The molecule has 0 fully saturated rings. The van der Waals surface area contributed by atoms with Crippen LogP contribution in [0.5, 0.6) is 0 Å². The minimum absolute atomic E-state index is 0.103. The highest BCUT2D eigenvalue weighted by Gasteiger charge is 2.28. The van der Waals surface area contributed by atoms with Gasteiger partial charge in [0, 0.05) is 13.1 Å². The zero-order chi connectivity index (χ0) is 16.4. The molecule has 1 nitrogen and oxygen atoms in total. The molecule has 0 aliphatic carbocycles. The van der Waals surface area contributed by atoms with E-state index < -0.39 is 0 Å². The number of nitrogens with zero attached hydrogens (tertiary/aromatic N) is 1. The van der Waals surface area contributed by atoms with Gasteiger partial charge in [0.15, 0.2) is 0 Å². The lowest BCUT2D eigenvalue weighted by molar-refractivity contribution is 0.204. The van der Waals surface area contributed by atoms with E-state index in [2.05, 4.69) is 53.4 Å². The normalized spacial score (nSPS) is 17.5. The van der Waals surface area contributed by atoms with Crippen LogP contribution in [0.4, 0.5) is 4.39 Å². The molecular weight excluding hydrogens is 297 g/mol. The Morgan fingerprint density at radius 2 is 1.67 bits per heavy atom. The Labute approximate surface area is 142 Å². The van der Waals surface area contributed by atoms with Crippen LogP contribution < -0.4 is 0 Å². The second-order valence-corrected chi connectivity index (χ2v) is 6.36. The average molecular weight is 317 g/mol. The van der Waals surface area contributed by atoms with Gasteiger partial charge in [-0.15, -0.1) is 0 Å². The molecule has 1 aliphatic rings. The van der Waals surface area contributed by atoms with Crippen LogP contribution in [0.15, 0.2) is 78.9 Å². The van der Waals surface area contributed by atoms with E-state index in [0.717, 1.165) is 25.1 Å². The molecule has 1 atom stereocenters. The maximum atomic E-state index is 13.8. The Kier molecular flexibility index (Phi) is 4.14. The minimum atomic E-state index is -0.171. The first-order valence-corrected chi connectivity index (χ1v) is 8.42. The largest absolute Gasteiger partial charge is 0.288 e. The molecular formula is C22H20FN. The van der Waals surface area contributed by atoms with Crippen molar-refractivity contribution < 1.29 is 4.39 Å². The van der Waals surface area contributed by atoms with Crippen molar-refractivity contribution in [1.82, 2.24) is 4.90 Å². The van der Waals surface area contributed by atoms with Gasteiger partial charge in [-0.25, -0.2) is 4.39 Å². The lowest BCUT2D eigenvalue weighted by atomic mass is 9.88. The predicted octanol–water partition coefficient (Wildman–Crippen LogP) is 4.97. The van der Waals surface area contributed by atoms with Gasteiger partial charge in [0.25, 0.3) is 0 Å². The summed E-state index contributed by atoms with van der Waals surface area (Å²) in [6.45, 7) is 1.85. The fourth-order valence-electron chi connectivity index (χ4n) is 3.67. The summed E-state index contributed by atoms with van der Waals surface area (Å²) in [5.74, 6) is -0.171. The van der Waals surface area contributed by atoms with E-state index >= 15 is 0 Å². The number of hydrogen-bond acceptors (Lipinski definition) is 1. The monoisotopic (exact) mass is 317 g/mol. The first-order chi connectivity index (χ1) is 11.8. The minimum Gasteiger partial charge on any atom is -0.288 e. The van der Waals surface area contributed by atoms with Gasteiger partial charge in [-0.1, -0.05) is 66.7 Å². The third kappa shape index (κ3) is 2.98. The lowest BCUT2D eigenvalue weighted by Gasteiger charge is -2.38. The van der Waals surface area contributed by atoms with Crippen molar-refractivity contribution in [3.63, 3.8) is 0 Å². The molecule has 120 valence electrons. The summed E-state index contributed by atoms with van der Waals surface area (Å²) >= 11 is 0. The molecule has 0 aromatic heterocycles. The van der Waals surface area contributed by atoms with E-state index in [1.807, 2.05) is 18.2 Å². The summed E-state index contributed by atoms with van der Waals surface area (Å²) in [5, 5.41) is 0. The standard InChI is InChI=1S/C22H20FN/c23-20-11-6-10-19(15-20)22-21-12-5-4-9-18(21)13-14-24(22)16-17-7-2-1-3-8-17/h1-12,15,22H,13-14,16H2. The number of hydrogen-bond donors (Lipinski definition) is 0. The van der Waals surface area contributed by atoms with Crippen molar-refractivity contribution in [2.75, 3.05) is 6.54 Å². The van der Waals surface area contributed by atoms with Crippen LogP contribution in [0.3, 0.4) is 0 Å². The highest BCUT2D eigenvalue weighted by molar-refractivity contribution is 5.40. The molecule has 0 amide bonds. The highest BCUT2D eigenvalue weighted by atomic mass is 19.1. The van der Waals surface area contributed by atoms with Gasteiger partial charge in [0.05, 0.1) is 6.04 Å². The molecule has 0 N–H and O–H groups in total. The van der Waals surface area contributed by atoms with Crippen LogP contribution in [0.25, 0.3) is 0 Å². The summed E-state index contributed by atoms with van der Waals surface area (Å²) in [5.41, 5.74) is 4.98. The van der Waals surface area contributed by atoms with Crippen LogP contribution >= 0.6 is 0 Å². The van der Waals surface area contributed by atoms with Gasteiger partial charge in [0.2, 0.25) is 0 Å². The van der Waals surface area contributed by atoms with Gasteiger partial charge in [-0.2, -0.15) is 0 Å². The van der Waals surface area contributed by atoms with Crippen molar-refractivity contribution in [1.29, 1.82) is 0 Å². The van der Waals surface area contributed by atoms with Gasteiger partial charge < -0.3 is 0 Å². The molecule has 3 aromatic rings. The Balaban J connectivity index is 1.75. The first kappa shape index (κ1) is 15.1. The molecule has 0 saturated heterocycles. The summed E-state index contributed by atoms with van der Waals surface area (Å²) in [4.78, 5) is 2.45. The van der Waals surface area contributed by atoms with Crippen molar-refractivity contribution in [2.24, 2.45) is 0 Å². The van der Waals surface area contributed by atoms with E-state index in [9.17, 15) is 4.39 Å². The van der Waals surface area contributed by atoms with Crippen LogP contribution in [0.2, 0.25) is 0 Å². The number of benzene rings is 3. The van der Waals surface area contributed by atoms with Crippen LogP contribution in [0, 0.1) is 5.82 Å². The first-order valence-electron chi connectivity index (χ1n) is 8.42. The molecule has 1 unspecified atom stereocenters. The third-order valence-electron chi connectivity index (χ3n) is 4.78. The molecule has 0 radical (unpaired) electrons. The van der Waals surface area contributed by atoms with Crippen molar-refractivity contribution in [2.45, 2.75) is 19.0 Å². The summed E-state index contributed by atoms with van der Waals surface area (Å²) in [7, 11) is 0. The maximum absolute atomic E-state index is 13.8. The molecule has 1 aliphatic heterocycles. The molecule has 0 saturated carbocycles. The predicted molar refractivity (Wildman–Crippen MR) is 95.2 cm³/mol. The van der Waals surface area contributed by atoms with Gasteiger partial charge in [0.1, 0.15) is 5.82 Å². The van der Waals surface area contributed by atoms with Gasteiger partial charge in [-0.3, -0.25) is 4.90 Å². The van der Waals surface area contributed by atoms with Crippen LogP contribution in [-0.2, 0) is 13.0 Å². The van der Waals surface area contributed by atoms with Crippen LogP contribution in [-0.4, -0.2) is 11.4 Å². The zero-order valence-electron chi connectivity index (χ0n) is 13.5. The quantitative estimate of drug-likeness (QED) is 0.659. The summed E-state index contributed by atoms with van der Waals surface area (Å²) in [6, 6.07) is 26.2. The zero-order valence-corrected chi connectivity index (χ0v) is 13.5. The highest BCUT2D eigenvalue weighted by Crippen LogP contribution is 2.36. The van der Waals surface area contributed by atoms with Crippen molar-refractivity contribution >= 4 is 0 Å². The molecule has 0 bridgehead atoms. The van der Waals surface area contributed by atoms with Crippen LogP contribution in [0.1, 0.15) is 28.3 Å². The van der Waals surface area contributed by atoms with E-state index in [4.69, 9.17) is 0 Å². The number of fused-ring (bicyclic) bond motifs is 1. The Hall–Kier alpha value is -2.45. The maximum Gasteiger partial charge on any atom is 0.123 e. The molecule has 3 aromatic carbocycles. The summed E-state index contributed by atoms with van der Waals surface area (Å²) < 4.78 is 13.8. The van der Waals surface area contributed by atoms with Crippen molar-refractivity contribution in [3.8, 4) is 0 Å². The van der Waals surface area contributed by atoms with Crippen molar-refractivity contribution in [3.05, 3.63) is 107 Å². The lowest BCUT2D eigenvalue weighted by Crippen LogP contribution is -2.35. The molecule has 2 heteroatoms. The number of rotatable bonds is 3. The van der Waals surface area contributed by atoms with E-state index in [0.29, 0.717) is 0 Å². The molecule has 24 heavy (non-hydrogen) atoms. The van der Waals surface area contributed by atoms with Gasteiger partial charge >= 0.3 is 0 Å².